The van der Waals surface area contributed by atoms with Crippen molar-refractivity contribution >= 4 is 26.2 Å². The fourth-order valence-corrected chi connectivity index (χ4v) is 3.69. The van der Waals surface area contributed by atoms with E-state index in [0.717, 1.165) is 12.1 Å². The van der Waals surface area contributed by atoms with E-state index in [1.165, 1.54) is 0 Å². The van der Waals surface area contributed by atoms with Gasteiger partial charge in [-0.1, -0.05) is 12.1 Å². The standard InChI is InChI=1S/C13H23N3O4Si/c1-18-21(19-2,20-3)10-6-9-15-11-7-4-5-8-12(11)16-13(14)17/h4-5,7-8,15H,6,9-10H2,1-3H3,(H3,14,16,17). The van der Waals surface area contributed by atoms with Crippen LogP contribution in [0.25, 0.3) is 0 Å². The van der Waals surface area contributed by atoms with E-state index in [1.54, 1.807) is 27.4 Å². The maximum atomic E-state index is 10.9. The van der Waals surface area contributed by atoms with Crippen LogP contribution in [0.1, 0.15) is 6.42 Å². The summed E-state index contributed by atoms with van der Waals surface area (Å²) in [6.07, 6.45) is 0.812. The number of carbonyl (C=O) groups is 1. The number of benzene rings is 1. The third kappa shape index (κ3) is 5.35. The minimum absolute atomic E-state index is 0.589. The van der Waals surface area contributed by atoms with Gasteiger partial charge in [0.15, 0.2) is 0 Å². The zero-order chi connectivity index (χ0) is 15.7. The van der Waals surface area contributed by atoms with Gasteiger partial charge in [-0.2, -0.15) is 0 Å². The Bertz CT molecular complexity index is 447. The molecular weight excluding hydrogens is 290 g/mol. The number of rotatable bonds is 9. The van der Waals surface area contributed by atoms with Crippen molar-refractivity contribution in [3.8, 4) is 0 Å². The van der Waals surface area contributed by atoms with Crippen LogP contribution < -0.4 is 16.4 Å². The Morgan fingerprint density at radius 2 is 1.71 bits per heavy atom. The van der Waals surface area contributed by atoms with Crippen molar-refractivity contribution in [2.45, 2.75) is 12.5 Å². The molecule has 0 atom stereocenters. The summed E-state index contributed by atoms with van der Waals surface area (Å²) in [6.45, 7) is 0.697. The Hall–Kier alpha value is -1.61. The third-order valence-corrected chi connectivity index (χ3v) is 5.93. The van der Waals surface area contributed by atoms with Crippen LogP contribution in [0.2, 0.25) is 6.04 Å². The summed E-state index contributed by atoms with van der Waals surface area (Å²) in [4.78, 5) is 10.9. The number of nitrogens with one attached hydrogen (secondary N) is 2. The summed E-state index contributed by atoms with van der Waals surface area (Å²) in [7, 11) is 2.26. The Balaban J connectivity index is 2.51. The van der Waals surface area contributed by atoms with E-state index in [-0.39, 0.29) is 0 Å². The first-order chi connectivity index (χ1) is 10.1. The van der Waals surface area contributed by atoms with E-state index in [4.69, 9.17) is 19.0 Å². The molecule has 21 heavy (non-hydrogen) atoms. The maximum absolute atomic E-state index is 10.9. The predicted molar refractivity (Wildman–Crippen MR) is 84.3 cm³/mol. The lowest BCUT2D eigenvalue weighted by Crippen LogP contribution is -2.42. The molecule has 0 heterocycles. The van der Waals surface area contributed by atoms with Gasteiger partial charge < -0.3 is 29.6 Å². The average Bonchev–Trinajstić information content (AvgIpc) is 2.49. The summed E-state index contributed by atoms with van der Waals surface area (Å²) >= 11 is 0. The van der Waals surface area contributed by atoms with Crippen molar-refractivity contribution in [2.75, 3.05) is 38.5 Å². The SMILES string of the molecule is CO[Si](CCCNc1ccccc1NC(N)=O)(OC)OC. The van der Waals surface area contributed by atoms with E-state index < -0.39 is 14.8 Å². The second-order valence-electron chi connectivity index (χ2n) is 4.36. The monoisotopic (exact) mass is 313 g/mol. The van der Waals surface area contributed by atoms with Crippen LogP contribution in [0.5, 0.6) is 0 Å². The van der Waals surface area contributed by atoms with Crippen molar-refractivity contribution in [1.82, 2.24) is 0 Å². The molecule has 118 valence electrons. The van der Waals surface area contributed by atoms with Gasteiger partial charge in [0.1, 0.15) is 0 Å². The molecule has 4 N–H and O–H groups in total. The first kappa shape index (κ1) is 17.4. The Morgan fingerprint density at radius 3 is 2.24 bits per heavy atom. The van der Waals surface area contributed by atoms with Crippen LogP contribution in [0.4, 0.5) is 16.2 Å². The minimum Gasteiger partial charge on any atom is -0.383 e. The van der Waals surface area contributed by atoms with Crippen molar-refractivity contribution in [3.05, 3.63) is 24.3 Å². The third-order valence-electron chi connectivity index (χ3n) is 3.09. The normalized spacial score (nSPS) is 11.2. The van der Waals surface area contributed by atoms with Crippen molar-refractivity contribution in [2.24, 2.45) is 5.73 Å². The molecule has 0 unspecified atom stereocenters. The number of primary amides is 1. The number of amides is 2. The van der Waals surface area contributed by atoms with Gasteiger partial charge in [0.05, 0.1) is 11.4 Å². The number of anilines is 2. The quantitative estimate of drug-likeness (QED) is 0.478. The van der Waals surface area contributed by atoms with Crippen molar-refractivity contribution in [1.29, 1.82) is 0 Å². The molecule has 0 fully saturated rings. The second-order valence-corrected chi connectivity index (χ2v) is 7.45. The molecule has 0 aliphatic carbocycles. The molecule has 0 spiro atoms. The van der Waals surface area contributed by atoms with E-state index in [2.05, 4.69) is 10.6 Å². The number of urea groups is 1. The van der Waals surface area contributed by atoms with Crippen LogP contribution in [-0.2, 0) is 13.3 Å². The smallest absolute Gasteiger partial charge is 0.383 e. The van der Waals surface area contributed by atoms with Gasteiger partial charge in [0.2, 0.25) is 0 Å². The summed E-state index contributed by atoms with van der Waals surface area (Å²) in [6, 6.07) is 7.48. The van der Waals surface area contributed by atoms with Gasteiger partial charge in [0, 0.05) is 33.9 Å². The molecule has 0 aliphatic heterocycles. The van der Waals surface area contributed by atoms with Gasteiger partial charge in [0.25, 0.3) is 0 Å². The molecule has 0 aliphatic rings. The van der Waals surface area contributed by atoms with Crippen LogP contribution in [-0.4, -0.2) is 42.7 Å². The molecule has 7 nitrogen and oxygen atoms in total. The molecular formula is C13H23N3O4Si. The summed E-state index contributed by atoms with van der Waals surface area (Å²) in [5.41, 5.74) is 6.60. The Kier molecular flexibility index (Phi) is 7.16. The predicted octanol–water partition coefficient (Wildman–Crippen LogP) is 1.86. The highest BCUT2D eigenvalue weighted by molar-refractivity contribution is 6.60. The lowest BCUT2D eigenvalue weighted by atomic mass is 10.2. The number of hydrogen-bond acceptors (Lipinski definition) is 5. The summed E-state index contributed by atoms with van der Waals surface area (Å²) in [5.74, 6) is 0. The zero-order valence-corrected chi connectivity index (χ0v) is 13.6. The van der Waals surface area contributed by atoms with Gasteiger partial charge in [-0.3, -0.25) is 0 Å². The van der Waals surface area contributed by atoms with Gasteiger partial charge in [-0.15, -0.1) is 0 Å². The van der Waals surface area contributed by atoms with E-state index >= 15 is 0 Å². The molecule has 0 radical (unpaired) electrons. The van der Waals surface area contributed by atoms with E-state index in [9.17, 15) is 4.79 Å². The fourth-order valence-electron chi connectivity index (χ4n) is 1.96. The Labute approximate surface area is 126 Å². The lowest BCUT2D eigenvalue weighted by Gasteiger charge is -2.24. The molecule has 0 aromatic heterocycles. The van der Waals surface area contributed by atoms with Gasteiger partial charge >= 0.3 is 14.8 Å². The van der Waals surface area contributed by atoms with E-state index in [0.29, 0.717) is 18.3 Å². The van der Waals surface area contributed by atoms with Crippen LogP contribution >= 0.6 is 0 Å². The number of nitrogens with two attached hydrogens (primary N) is 1. The van der Waals surface area contributed by atoms with Crippen LogP contribution in [0.15, 0.2) is 24.3 Å². The number of para-hydroxylation sites is 2. The molecule has 0 saturated carbocycles. The highest BCUT2D eigenvalue weighted by Gasteiger charge is 2.36. The molecule has 1 aromatic rings. The molecule has 0 bridgehead atoms. The molecule has 0 saturated heterocycles. The highest BCUT2D eigenvalue weighted by atomic mass is 28.4. The molecule has 8 heteroatoms. The van der Waals surface area contributed by atoms with Crippen molar-refractivity contribution < 1.29 is 18.1 Å². The summed E-state index contributed by atoms with van der Waals surface area (Å²) < 4.78 is 16.1. The lowest BCUT2D eigenvalue weighted by molar-refractivity contribution is 0.123. The van der Waals surface area contributed by atoms with Gasteiger partial charge in [-0.25, -0.2) is 4.79 Å². The fraction of sp³-hybridized carbons (Fsp3) is 0.462. The van der Waals surface area contributed by atoms with E-state index in [1.807, 2.05) is 18.2 Å². The number of hydrogen-bond donors (Lipinski definition) is 3. The highest BCUT2D eigenvalue weighted by Crippen LogP contribution is 2.21. The van der Waals surface area contributed by atoms with Gasteiger partial charge in [-0.05, 0) is 18.6 Å². The molecule has 2 amide bonds. The second kappa shape index (κ2) is 8.62. The average molecular weight is 313 g/mol. The number of carbonyl (C=O) groups excluding carboxylic acids is 1. The van der Waals surface area contributed by atoms with Crippen LogP contribution in [0.3, 0.4) is 0 Å². The molecule has 1 aromatic carbocycles. The largest absolute Gasteiger partial charge is 0.500 e. The maximum Gasteiger partial charge on any atom is 0.500 e. The first-order valence-corrected chi connectivity index (χ1v) is 8.55. The first-order valence-electron chi connectivity index (χ1n) is 6.61. The van der Waals surface area contributed by atoms with Crippen molar-refractivity contribution in [3.63, 3.8) is 0 Å². The Morgan fingerprint density at radius 1 is 1.14 bits per heavy atom. The minimum atomic E-state index is -2.53. The summed E-state index contributed by atoms with van der Waals surface area (Å²) in [5, 5.41) is 5.82. The zero-order valence-electron chi connectivity index (χ0n) is 12.6. The molecule has 1 rings (SSSR count). The van der Waals surface area contributed by atoms with Crippen LogP contribution in [0, 0.1) is 0 Å². The topological polar surface area (TPSA) is 94.8 Å².